The molecule has 5 nitrogen and oxygen atoms in total. The molecule has 278 valence electrons. The van der Waals surface area contributed by atoms with E-state index >= 15 is 0 Å². The monoisotopic (exact) mass is 664 g/mol. The van der Waals surface area contributed by atoms with Gasteiger partial charge in [-0.3, -0.25) is 4.79 Å². The molecule has 0 aromatic carbocycles. The molecule has 0 rings (SSSR count). The Balaban J connectivity index is 3.71. The molecule has 0 radical (unpaired) electrons. The third kappa shape index (κ3) is 33.1. The second kappa shape index (κ2) is 37.6. The van der Waals surface area contributed by atoms with Crippen LogP contribution in [0, 0.1) is 0 Å². The first-order valence-electron chi connectivity index (χ1n) is 20.7. The lowest BCUT2D eigenvalue weighted by Gasteiger charge is -2.21. The number of nitrogens with one attached hydrogen (secondary N) is 1. The van der Waals surface area contributed by atoms with E-state index in [1.165, 1.54) is 161 Å². The summed E-state index contributed by atoms with van der Waals surface area (Å²) in [6, 6.07) is -0.797. The van der Waals surface area contributed by atoms with Gasteiger partial charge in [0, 0.05) is 0 Å². The highest BCUT2D eigenvalue weighted by Gasteiger charge is 2.22. The van der Waals surface area contributed by atoms with E-state index in [2.05, 4.69) is 31.3 Å². The summed E-state index contributed by atoms with van der Waals surface area (Å²) in [7, 11) is 0. The van der Waals surface area contributed by atoms with Crippen molar-refractivity contribution < 1.29 is 20.1 Å². The summed E-state index contributed by atoms with van der Waals surface area (Å²) in [6.07, 6.45) is 44.8. The van der Waals surface area contributed by atoms with Crippen molar-refractivity contribution in [3.05, 3.63) is 24.3 Å². The zero-order chi connectivity index (χ0) is 34.5. The van der Waals surface area contributed by atoms with Crippen LogP contribution in [0.2, 0.25) is 0 Å². The summed E-state index contributed by atoms with van der Waals surface area (Å²) in [6.45, 7) is 4.17. The molecule has 0 aromatic rings. The first-order valence-corrected chi connectivity index (χ1v) is 20.7. The Morgan fingerprint density at radius 3 is 1.23 bits per heavy atom. The van der Waals surface area contributed by atoms with E-state index in [0.717, 1.165) is 32.1 Å². The maximum atomic E-state index is 12.4. The number of hydrogen-bond acceptors (Lipinski definition) is 4. The second-order valence-electron chi connectivity index (χ2n) is 14.2. The molecule has 0 fully saturated rings. The van der Waals surface area contributed by atoms with Crippen LogP contribution < -0.4 is 5.32 Å². The predicted molar refractivity (Wildman–Crippen MR) is 204 cm³/mol. The highest BCUT2D eigenvalue weighted by atomic mass is 16.3. The first-order chi connectivity index (χ1) is 23.1. The second-order valence-corrected chi connectivity index (χ2v) is 14.2. The van der Waals surface area contributed by atoms with E-state index in [1.54, 1.807) is 6.08 Å². The summed E-state index contributed by atoms with van der Waals surface area (Å²) < 4.78 is 0. The van der Waals surface area contributed by atoms with Crippen LogP contribution >= 0.6 is 0 Å². The minimum atomic E-state index is -1.10. The van der Waals surface area contributed by atoms with E-state index in [9.17, 15) is 20.1 Å². The molecule has 0 aliphatic carbocycles. The SMILES string of the molecule is CCCCCCCCCC/C=C\CCCCCCCCC(O)C(=O)NC(CO)C(O)/C=C/CCCCCCCCCCCCCCC. The normalized spacial score (nSPS) is 13.9. The van der Waals surface area contributed by atoms with Crippen molar-refractivity contribution in [2.75, 3.05) is 6.61 Å². The van der Waals surface area contributed by atoms with Crippen LogP contribution in [-0.4, -0.2) is 46.1 Å². The van der Waals surface area contributed by atoms with Crippen molar-refractivity contribution in [3.8, 4) is 0 Å². The number of carbonyl (C=O) groups excluding carboxylic acids is 1. The number of aliphatic hydroxyl groups is 3. The molecule has 0 saturated carbocycles. The van der Waals surface area contributed by atoms with Crippen molar-refractivity contribution >= 4 is 5.91 Å². The summed E-state index contributed by atoms with van der Waals surface area (Å²) >= 11 is 0. The maximum Gasteiger partial charge on any atom is 0.249 e. The van der Waals surface area contributed by atoms with Gasteiger partial charge >= 0.3 is 0 Å². The molecule has 47 heavy (non-hydrogen) atoms. The van der Waals surface area contributed by atoms with Crippen LogP contribution in [0.1, 0.15) is 213 Å². The van der Waals surface area contributed by atoms with E-state index < -0.39 is 24.2 Å². The zero-order valence-corrected chi connectivity index (χ0v) is 31.4. The molecule has 0 aliphatic rings. The third-order valence-electron chi connectivity index (χ3n) is 9.54. The molecule has 3 atom stereocenters. The maximum absolute atomic E-state index is 12.4. The Morgan fingerprint density at radius 2 is 0.851 bits per heavy atom. The largest absolute Gasteiger partial charge is 0.394 e. The summed E-state index contributed by atoms with van der Waals surface area (Å²) in [4.78, 5) is 12.4. The van der Waals surface area contributed by atoms with Crippen LogP contribution in [0.5, 0.6) is 0 Å². The number of rotatable bonds is 37. The minimum Gasteiger partial charge on any atom is -0.394 e. The Labute approximate surface area is 292 Å². The summed E-state index contributed by atoms with van der Waals surface area (Å²) in [5, 5.41) is 33.1. The standard InChI is InChI=1S/C42H81NO4/c1-3-5-7-9-11-13-15-17-19-20-21-23-25-27-29-31-33-35-37-41(46)42(47)43-39(38-44)40(45)36-34-32-30-28-26-24-22-18-16-14-12-10-8-6-4-2/h20-21,34,36,39-41,44-46H,3-19,22-33,35,37-38H2,1-2H3,(H,43,47)/b21-20-,36-34+. The van der Waals surface area contributed by atoms with E-state index in [0.29, 0.717) is 6.42 Å². The molecule has 1 amide bonds. The van der Waals surface area contributed by atoms with Crippen LogP contribution in [0.3, 0.4) is 0 Å². The molecule has 0 bridgehead atoms. The van der Waals surface area contributed by atoms with Gasteiger partial charge < -0.3 is 20.6 Å². The summed E-state index contributed by atoms with van der Waals surface area (Å²) in [5.41, 5.74) is 0. The average molecular weight is 664 g/mol. The van der Waals surface area contributed by atoms with Gasteiger partial charge in [-0.1, -0.05) is 192 Å². The van der Waals surface area contributed by atoms with Crippen molar-refractivity contribution in [2.24, 2.45) is 0 Å². The minimum absolute atomic E-state index is 0.364. The Morgan fingerprint density at radius 1 is 0.511 bits per heavy atom. The van der Waals surface area contributed by atoms with Gasteiger partial charge in [0.1, 0.15) is 6.10 Å². The molecule has 0 spiro atoms. The number of allylic oxidation sites excluding steroid dienone is 3. The fourth-order valence-corrected chi connectivity index (χ4v) is 6.24. The Kier molecular flexibility index (Phi) is 36.7. The van der Waals surface area contributed by atoms with Crippen molar-refractivity contribution in [1.29, 1.82) is 0 Å². The summed E-state index contributed by atoms with van der Waals surface area (Å²) in [5.74, 6) is -0.508. The van der Waals surface area contributed by atoms with Gasteiger partial charge in [0.2, 0.25) is 5.91 Å². The van der Waals surface area contributed by atoms with E-state index in [1.807, 2.05) is 6.08 Å². The average Bonchev–Trinajstić information content (AvgIpc) is 3.07. The van der Waals surface area contributed by atoms with Crippen LogP contribution in [0.15, 0.2) is 24.3 Å². The van der Waals surface area contributed by atoms with Gasteiger partial charge in [0.05, 0.1) is 18.8 Å². The zero-order valence-electron chi connectivity index (χ0n) is 31.4. The number of amides is 1. The van der Waals surface area contributed by atoms with Gasteiger partial charge in [0.15, 0.2) is 0 Å². The third-order valence-corrected chi connectivity index (χ3v) is 9.54. The molecule has 0 aliphatic heterocycles. The highest BCUT2D eigenvalue weighted by molar-refractivity contribution is 5.80. The molecule has 0 heterocycles. The predicted octanol–water partition coefficient (Wildman–Crippen LogP) is 11.4. The number of carbonyl (C=O) groups is 1. The number of hydrogen-bond donors (Lipinski definition) is 4. The fourth-order valence-electron chi connectivity index (χ4n) is 6.24. The molecular formula is C42H81NO4. The number of unbranched alkanes of at least 4 members (excludes halogenated alkanes) is 27. The van der Waals surface area contributed by atoms with Gasteiger partial charge in [-0.25, -0.2) is 0 Å². The van der Waals surface area contributed by atoms with Gasteiger partial charge in [-0.15, -0.1) is 0 Å². The van der Waals surface area contributed by atoms with Gasteiger partial charge in [-0.2, -0.15) is 0 Å². The smallest absolute Gasteiger partial charge is 0.249 e. The van der Waals surface area contributed by atoms with Gasteiger partial charge in [0.25, 0.3) is 0 Å². The lowest BCUT2D eigenvalue weighted by molar-refractivity contribution is -0.131. The molecule has 0 aromatic heterocycles. The molecule has 5 heteroatoms. The molecular weight excluding hydrogens is 582 g/mol. The molecule has 4 N–H and O–H groups in total. The van der Waals surface area contributed by atoms with Crippen LogP contribution in [-0.2, 0) is 4.79 Å². The van der Waals surface area contributed by atoms with Crippen molar-refractivity contribution in [3.63, 3.8) is 0 Å². The van der Waals surface area contributed by atoms with Crippen LogP contribution in [0.25, 0.3) is 0 Å². The molecule has 3 unspecified atom stereocenters. The Bertz CT molecular complexity index is 694. The fraction of sp³-hybridized carbons (Fsp3) is 0.881. The highest BCUT2D eigenvalue weighted by Crippen LogP contribution is 2.14. The lowest BCUT2D eigenvalue weighted by Crippen LogP contribution is -2.48. The van der Waals surface area contributed by atoms with Crippen molar-refractivity contribution in [2.45, 2.75) is 231 Å². The van der Waals surface area contributed by atoms with Crippen molar-refractivity contribution in [1.82, 2.24) is 5.32 Å². The first kappa shape index (κ1) is 45.8. The van der Waals surface area contributed by atoms with E-state index in [-0.39, 0.29) is 6.61 Å². The Hall–Kier alpha value is -1.17. The number of aliphatic hydroxyl groups excluding tert-OH is 3. The van der Waals surface area contributed by atoms with E-state index in [4.69, 9.17) is 0 Å². The lowest BCUT2D eigenvalue weighted by atomic mass is 10.0. The van der Waals surface area contributed by atoms with Crippen LogP contribution in [0.4, 0.5) is 0 Å². The molecule has 0 saturated heterocycles. The topological polar surface area (TPSA) is 89.8 Å². The quantitative estimate of drug-likeness (QED) is 0.0393. The van der Waals surface area contributed by atoms with Gasteiger partial charge in [-0.05, 0) is 44.9 Å².